The molecule has 0 aliphatic heterocycles. The number of rotatable bonds is 4. The maximum absolute atomic E-state index is 12.3. The number of benzene rings is 2. The van der Waals surface area contributed by atoms with Gasteiger partial charge in [0.25, 0.3) is 0 Å². The van der Waals surface area contributed by atoms with Gasteiger partial charge in [0.2, 0.25) is 0 Å². The molecule has 0 bridgehead atoms. The molecule has 0 atom stereocenters. The maximum Gasteiger partial charge on any atom is 0.343 e. The van der Waals surface area contributed by atoms with Crippen molar-refractivity contribution in [3.05, 3.63) is 56.0 Å². The second-order valence-corrected chi connectivity index (χ2v) is 6.61. The average molecular weight is 428 g/mol. The molecule has 0 spiro atoms. The van der Waals surface area contributed by atoms with Crippen LogP contribution in [0.25, 0.3) is 0 Å². The Morgan fingerprint density at radius 1 is 1.09 bits per heavy atom. The Kier molecular flexibility index (Phi) is 5.64. The van der Waals surface area contributed by atoms with Gasteiger partial charge in [-0.3, -0.25) is 0 Å². The third-order valence-electron chi connectivity index (χ3n) is 3.09. The van der Waals surface area contributed by atoms with Gasteiger partial charge in [0.1, 0.15) is 11.5 Å². The molecule has 0 fully saturated rings. The monoisotopic (exact) mass is 426 g/mol. The first kappa shape index (κ1) is 17.0. The van der Waals surface area contributed by atoms with Gasteiger partial charge in [0.15, 0.2) is 0 Å². The Morgan fingerprint density at radius 2 is 1.73 bits per heavy atom. The third-order valence-corrected chi connectivity index (χ3v) is 4.16. The molecule has 0 aromatic heterocycles. The number of aryl methyl sites for hydroxylation is 2. The molecular weight excluding hydrogens is 412 g/mol. The smallest absolute Gasteiger partial charge is 0.343 e. The zero-order chi connectivity index (χ0) is 16.3. The molecule has 0 N–H and O–H groups in total. The van der Waals surface area contributed by atoms with Crippen LogP contribution < -0.4 is 9.47 Å². The summed E-state index contributed by atoms with van der Waals surface area (Å²) in [6, 6.07) is 9.00. The second kappa shape index (κ2) is 7.29. The second-order valence-electron chi connectivity index (χ2n) is 4.84. The Hall–Kier alpha value is -1.33. The van der Waals surface area contributed by atoms with Crippen LogP contribution in [-0.2, 0) is 0 Å². The number of carbonyl (C=O) groups is 1. The van der Waals surface area contributed by atoms with Crippen LogP contribution in [0.15, 0.2) is 39.3 Å². The normalized spacial score (nSPS) is 10.4. The summed E-state index contributed by atoms with van der Waals surface area (Å²) < 4.78 is 12.7. The van der Waals surface area contributed by atoms with Crippen molar-refractivity contribution in [2.75, 3.05) is 6.61 Å². The maximum atomic E-state index is 12.3. The topological polar surface area (TPSA) is 35.5 Å². The number of hydrogen-bond donors (Lipinski definition) is 0. The zero-order valence-corrected chi connectivity index (χ0v) is 15.7. The molecule has 0 aliphatic carbocycles. The van der Waals surface area contributed by atoms with E-state index in [1.165, 1.54) is 0 Å². The fraction of sp³-hybridized carbons (Fsp3) is 0.235. The van der Waals surface area contributed by atoms with E-state index in [2.05, 4.69) is 31.9 Å². The van der Waals surface area contributed by atoms with Crippen molar-refractivity contribution in [2.45, 2.75) is 20.8 Å². The number of hydrogen-bond acceptors (Lipinski definition) is 3. The predicted octanol–water partition coefficient (Wildman–Crippen LogP) is 5.45. The average Bonchev–Trinajstić information content (AvgIpc) is 2.45. The highest BCUT2D eigenvalue weighted by Gasteiger charge is 2.14. The third kappa shape index (κ3) is 3.90. The Morgan fingerprint density at radius 3 is 2.27 bits per heavy atom. The fourth-order valence-corrected chi connectivity index (χ4v) is 3.29. The summed E-state index contributed by atoms with van der Waals surface area (Å²) in [6.07, 6.45) is 0. The molecule has 2 rings (SSSR count). The van der Waals surface area contributed by atoms with Crippen LogP contribution >= 0.6 is 31.9 Å². The largest absolute Gasteiger partial charge is 0.493 e. The first-order valence-electron chi connectivity index (χ1n) is 6.83. The van der Waals surface area contributed by atoms with Crippen LogP contribution in [0.2, 0.25) is 0 Å². The van der Waals surface area contributed by atoms with Gasteiger partial charge in [0, 0.05) is 4.47 Å². The molecule has 2 aromatic carbocycles. The number of esters is 1. The van der Waals surface area contributed by atoms with E-state index in [4.69, 9.17) is 9.47 Å². The van der Waals surface area contributed by atoms with Crippen LogP contribution in [0.4, 0.5) is 0 Å². The molecule has 3 nitrogen and oxygen atoms in total. The Bertz CT molecular complexity index is 688. The minimum Gasteiger partial charge on any atom is -0.493 e. The van der Waals surface area contributed by atoms with Crippen molar-refractivity contribution in [2.24, 2.45) is 0 Å². The number of ether oxygens (including phenoxy) is 2. The van der Waals surface area contributed by atoms with Gasteiger partial charge in [-0.2, -0.15) is 0 Å². The highest BCUT2D eigenvalue weighted by Crippen LogP contribution is 2.30. The van der Waals surface area contributed by atoms with E-state index in [1.807, 2.05) is 32.9 Å². The van der Waals surface area contributed by atoms with Crippen molar-refractivity contribution < 1.29 is 14.3 Å². The van der Waals surface area contributed by atoms with Gasteiger partial charge < -0.3 is 9.47 Å². The molecule has 2 aromatic rings. The highest BCUT2D eigenvalue weighted by molar-refractivity contribution is 9.10. The number of carbonyl (C=O) groups excluding carboxylic acids is 1. The molecule has 0 radical (unpaired) electrons. The fourth-order valence-electron chi connectivity index (χ4n) is 2.11. The quantitative estimate of drug-likeness (QED) is 0.480. The lowest BCUT2D eigenvalue weighted by Crippen LogP contribution is -2.10. The summed E-state index contributed by atoms with van der Waals surface area (Å²) in [4.78, 5) is 12.3. The minimum atomic E-state index is -0.391. The van der Waals surface area contributed by atoms with Crippen LogP contribution in [0.1, 0.15) is 28.4 Å². The van der Waals surface area contributed by atoms with Gasteiger partial charge in [-0.1, -0.05) is 15.9 Å². The molecule has 0 aliphatic rings. The lowest BCUT2D eigenvalue weighted by atomic mass is 10.1. The molecular formula is C17H16Br2O3. The zero-order valence-electron chi connectivity index (χ0n) is 12.6. The predicted molar refractivity (Wildman–Crippen MR) is 93.9 cm³/mol. The van der Waals surface area contributed by atoms with Gasteiger partial charge in [-0.05, 0) is 78.2 Å². The van der Waals surface area contributed by atoms with Crippen molar-refractivity contribution >= 4 is 37.8 Å². The summed E-state index contributed by atoms with van der Waals surface area (Å²) in [6.45, 7) is 6.30. The van der Waals surface area contributed by atoms with Crippen LogP contribution in [0.5, 0.6) is 11.5 Å². The molecule has 0 saturated carbocycles. The van der Waals surface area contributed by atoms with Gasteiger partial charge in [0.05, 0.1) is 16.6 Å². The van der Waals surface area contributed by atoms with Crippen LogP contribution in [0, 0.1) is 13.8 Å². The molecule has 0 amide bonds. The molecule has 5 heteroatoms. The SMILES string of the molecule is CCOc1ccc(C(=O)Oc2c(C)cc(Br)cc2C)cc1Br. The first-order chi connectivity index (χ1) is 10.4. The summed E-state index contributed by atoms with van der Waals surface area (Å²) in [7, 11) is 0. The van der Waals surface area contributed by atoms with Crippen molar-refractivity contribution in [3.63, 3.8) is 0 Å². The van der Waals surface area contributed by atoms with E-state index in [9.17, 15) is 4.79 Å². The molecule has 0 heterocycles. The molecule has 22 heavy (non-hydrogen) atoms. The lowest BCUT2D eigenvalue weighted by molar-refractivity contribution is 0.0732. The van der Waals surface area contributed by atoms with Crippen molar-refractivity contribution in [1.29, 1.82) is 0 Å². The molecule has 116 valence electrons. The van der Waals surface area contributed by atoms with E-state index < -0.39 is 5.97 Å². The van der Waals surface area contributed by atoms with Crippen molar-refractivity contribution in [1.82, 2.24) is 0 Å². The molecule has 0 unspecified atom stereocenters. The van der Waals surface area contributed by atoms with Gasteiger partial charge in [-0.15, -0.1) is 0 Å². The first-order valence-corrected chi connectivity index (χ1v) is 8.42. The minimum absolute atomic E-state index is 0.391. The lowest BCUT2D eigenvalue weighted by Gasteiger charge is -2.12. The van der Waals surface area contributed by atoms with E-state index in [0.29, 0.717) is 23.7 Å². The Balaban J connectivity index is 2.25. The summed E-state index contributed by atoms with van der Waals surface area (Å²) in [5.74, 6) is 0.908. The summed E-state index contributed by atoms with van der Waals surface area (Å²) in [5, 5.41) is 0. The van der Waals surface area contributed by atoms with Gasteiger partial charge in [-0.25, -0.2) is 4.79 Å². The highest BCUT2D eigenvalue weighted by atomic mass is 79.9. The van der Waals surface area contributed by atoms with Gasteiger partial charge >= 0.3 is 5.97 Å². The van der Waals surface area contributed by atoms with E-state index in [0.717, 1.165) is 20.1 Å². The van der Waals surface area contributed by atoms with E-state index in [1.54, 1.807) is 18.2 Å². The standard InChI is InChI=1S/C17H16Br2O3/c1-4-21-15-6-5-12(9-14(15)19)17(20)22-16-10(2)7-13(18)8-11(16)3/h5-9H,4H2,1-3H3. The van der Waals surface area contributed by atoms with E-state index in [-0.39, 0.29) is 0 Å². The van der Waals surface area contributed by atoms with E-state index >= 15 is 0 Å². The van der Waals surface area contributed by atoms with Crippen molar-refractivity contribution in [3.8, 4) is 11.5 Å². The Labute approximate surface area is 146 Å². The number of halogens is 2. The van der Waals surface area contributed by atoms with Crippen LogP contribution in [0.3, 0.4) is 0 Å². The summed E-state index contributed by atoms with van der Waals surface area (Å²) >= 11 is 6.83. The molecule has 0 saturated heterocycles. The van der Waals surface area contributed by atoms with Crippen LogP contribution in [-0.4, -0.2) is 12.6 Å². The summed E-state index contributed by atoms with van der Waals surface area (Å²) in [5.41, 5.74) is 2.28.